The predicted octanol–water partition coefficient (Wildman–Crippen LogP) is 3.62. The van der Waals surface area contributed by atoms with Gasteiger partial charge in [-0.05, 0) is 37.2 Å². The van der Waals surface area contributed by atoms with Crippen molar-refractivity contribution in [2.24, 2.45) is 0 Å². The molecule has 29 heavy (non-hydrogen) atoms. The van der Waals surface area contributed by atoms with Crippen molar-refractivity contribution in [2.45, 2.75) is 18.8 Å². The molecule has 0 atom stereocenters. The molecule has 5 nitrogen and oxygen atoms in total. The van der Waals surface area contributed by atoms with Gasteiger partial charge in [-0.25, -0.2) is 9.97 Å². The topological polar surface area (TPSA) is 58.1 Å². The number of hydrogen-bond acceptors (Lipinski definition) is 4. The maximum Gasteiger partial charge on any atom is 0.416 e. The van der Waals surface area contributed by atoms with Crippen LogP contribution < -0.4 is 5.32 Å². The van der Waals surface area contributed by atoms with E-state index in [1.807, 2.05) is 0 Å². The molecule has 0 saturated carbocycles. The minimum atomic E-state index is -4.98. The highest BCUT2D eigenvalue weighted by Crippen LogP contribution is 2.38. The van der Waals surface area contributed by atoms with Crippen molar-refractivity contribution in [1.29, 1.82) is 0 Å². The molecule has 1 aromatic carbocycles. The zero-order valence-corrected chi connectivity index (χ0v) is 14.9. The number of carbonyl (C=O) groups excluding carboxylic acids is 1. The molecule has 1 aliphatic heterocycles. The highest BCUT2D eigenvalue weighted by atomic mass is 19.4. The highest BCUT2D eigenvalue weighted by Gasteiger charge is 2.37. The summed E-state index contributed by atoms with van der Waals surface area (Å²) in [6.45, 7) is 2.20. The lowest BCUT2D eigenvalue weighted by Gasteiger charge is -2.19. The van der Waals surface area contributed by atoms with E-state index < -0.39 is 35.0 Å². The number of rotatable bonds is 2. The fourth-order valence-electron chi connectivity index (χ4n) is 2.91. The second-order valence-electron chi connectivity index (χ2n) is 6.46. The van der Waals surface area contributed by atoms with Gasteiger partial charge < -0.3 is 10.2 Å². The first-order valence-corrected chi connectivity index (χ1v) is 8.68. The zero-order valence-electron chi connectivity index (χ0n) is 14.9. The van der Waals surface area contributed by atoms with Gasteiger partial charge in [-0.1, -0.05) is 0 Å². The summed E-state index contributed by atoms with van der Waals surface area (Å²) in [5.74, 6) is -0.847. The SMILES string of the molecule is O=C(c1ccnc(-c2cc(C(F)(F)F)cc(C(F)(F)F)c2)n1)N1CCCNCC1. The van der Waals surface area contributed by atoms with Gasteiger partial charge in [-0.2, -0.15) is 26.3 Å². The summed E-state index contributed by atoms with van der Waals surface area (Å²) in [5.41, 5.74) is -3.51. The largest absolute Gasteiger partial charge is 0.416 e. The normalized spacial score (nSPS) is 15.9. The van der Waals surface area contributed by atoms with E-state index >= 15 is 0 Å². The van der Waals surface area contributed by atoms with Crippen molar-refractivity contribution in [2.75, 3.05) is 26.2 Å². The summed E-state index contributed by atoms with van der Waals surface area (Å²) in [5, 5.41) is 3.12. The number of amides is 1. The van der Waals surface area contributed by atoms with Gasteiger partial charge >= 0.3 is 12.4 Å². The molecule has 1 aromatic heterocycles. The van der Waals surface area contributed by atoms with Gasteiger partial charge in [0.15, 0.2) is 5.82 Å². The van der Waals surface area contributed by atoms with Gasteiger partial charge in [0.1, 0.15) is 5.69 Å². The molecule has 2 heterocycles. The Morgan fingerprint density at radius 2 is 1.62 bits per heavy atom. The van der Waals surface area contributed by atoms with E-state index in [0.717, 1.165) is 12.7 Å². The number of hydrogen-bond donors (Lipinski definition) is 1. The lowest BCUT2D eigenvalue weighted by atomic mass is 10.0. The molecular formula is C18H16F6N4O. The molecule has 3 rings (SSSR count). The quantitative estimate of drug-likeness (QED) is 0.757. The average Bonchev–Trinajstić information content (AvgIpc) is 2.95. The summed E-state index contributed by atoms with van der Waals surface area (Å²) < 4.78 is 78.4. The Labute approximate surface area is 161 Å². The molecule has 11 heteroatoms. The number of nitrogens with zero attached hydrogens (tertiary/aromatic N) is 3. The first kappa shape index (κ1) is 21.0. The van der Waals surface area contributed by atoms with Crippen molar-refractivity contribution < 1.29 is 31.1 Å². The Bertz CT molecular complexity index is 856. The molecule has 1 aliphatic rings. The molecule has 1 fully saturated rings. The van der Waals surface area contributed by atoms with E-state index in [2.05, 4.69) is 15.3 Å². The van der Waals surface area contributed by atoms with E-state index in [-0.39, 0.29) is 17.6 Å². The fourth-order valence-corrected chi connectivity index (χ4v) is 2.91. The lowest BCUT2D eigenvalue weighted by molar-refractivity contribution is -0.143. The minimum Gasteiger partial charge on any atom is -0.336 e. The van der Waals surface area contributed by atoms with Crippen LogP contribution in [0.15, 0.2) is 30.5 Å². The highest BCUT2D eigenvalue weighted by molar-refractivity contribution is 5.92. The standard InChI is InChI=1S/C18H16F6N4O/c19-17(20,21)12-8-11(9-13(10-12)18(22,23)24)15-26-4-2-14(27-15)16(29)28-6-1-3-25-5-7-28/h2,4,8-10,25H,1,3,5-7H2. The summed E-state index contributed by atoms with van der Waals surface area (Å²) in [6.07, 6.45) is -8.11. The molecule has 1 saturated heterocycles. The summed E-state index contributed by atoms with van der Waals surface area (Å²) in [4.78, 5) is 21.9. The van der Waals surface area contributed by atoms with Crippen LogP contribution in [0.2, 0.25) is 0 Å². The minimum absolute atomic E-state index is 0.0305. The number of benzene rings is 1. The Morgan fingerprint density at radius 3 is 2.24 bits per heavy atom. The van der Waals surface area contributed by atoms with Gasteiger partial charge in [-0.3, -0.25) is 4.79 Å². The fraction of sp³-hybridized carbons (Fsp3) is 0.389. The Kier molecular flexibility index (Phi) is 5.78. The van der Waals surface area contributed by atoms with E-state index in [9.17, 15) is 31.1 Å². The van der Waals surface area contributed by atoms with Crippen LogP contribution in [0.1, 0.15) is 28.0 Å². The van der Waals surface area contributed by atoms with Crippen molar-refractivity contribution >= 4 is 5.91 Å². The van der Waals surface area contributed by atoms with E-state index in [1.54, 1.807) is 0 Å². The van der Waals surface area contributed by atoms with Crippen molar-refractivity contribution in [3.8, 4) is 11.4 Å². The molecule has 0 unspecified atom stereocenters. The predicted molar refractivity (Wildman–Crippen MR) is 90.9 cm³/mol. The first-order valence-electron chi connectivity index (χ1n) is 8.68. The van der Waals surface area contributed by atoms with Crippen LogP contribution in [-0.4, -0.2) is 47.0 Å². The van der Waals surface area contributed by atoms with Crippen LogP contribution in [0.5, 0.6) is 0 Å². The zero-order chi connectivity index (χ0) is 21.2. The number of halogens is 6. The van der Waals surface area contributed by atoms with E-state index in [1.165, 1.54) is 11.0 Å². The monoisotopic (exact) mass is 418 g/mol. The average molecular weight is 418 g/mol. The maximum atomic E-state index is 13.1. The number of carbonyl (C=O) groups is 1. The van der Waals surface area contributed by atoms with Gasteiger partial charge in [0.2, 0.25) is 0 Å². The molecule has 1 N–H and O–H groups in total. The third-order valence-corrected chi connectivity index (χ3v) is 4.35. The van der Waals surface area contributed by atoms with Crippen LogP contribution in [-0.2, 0) is 12.4 Å². The summed E-state index contributed by atoms with van der Waals surface area (Å²) >= 11 is 0. The van der Waals surface area contributed by atoms with E-state index in [4.69, 9.17) is 0 Å². The molecule has 1 amide bonds. The molecule has 156 valence electrons. The van der Waals surface area contributed by atoms with Crippen LogP contribution >= 0.6 is 0 Å². The third-order valence-electron chi connectivity index (χ3n) is 4.35. The van der Waals surface area contributed by atoms with Gasteiger partial charge in [-0.15, -0.1) is 0 Å². The Hall–Kier alpha value is -2.69. The molecule has 0 radical (unpaired) electrons. The third kappa shape index (κ3) is 5.03. The van der Waals surface area contributed by atoms with Crippen molar-refractivity contribution in [3.63, 3.8) is 0 Å². The Balaban J connectivity index is 2.00. The molecular weight excluding hydrogens is 402 g/mol. The molecule has 2 aromatic rings. The second kappa shape index (κ2) is 7.97. The van der Waals surface area contributed by atoms with Crippen LogP contribution in [0.4, 0.5) is 26.3 Å². The lowest BCUT2D eigenvalue weighted by Crippen LogP contribution is -2.34. The molecule has 0 spiro atoms. The smallest absolute Gasteiger partial charge is 0.336 e. The van der Waals surface area contributed by atoms with Gasteiger partial charge in [0.25, 0.3) is 5.91 Å². The van der Waals surface area contributed by atoms with E-state index in [0.29, 0.717) is 38.2 Å². The van der Waals surface area contributed by atoms with Gasteiger partial charge in [0, 0.05) is 31.4 Å². The summed E-state index contributed by atoms with van der Waals surface area (Å²) in [6, 6.07) is 2.38. The second-order valence-corrected chi connectivity index (χ2v) is 6.46. The number of alkyl halides is 6. The number of nitrogens with one attached hydrogen (secondary N) is 1. The van der Waals surface area contributed by atoms with Crippen LogP contribution in [0.25, 0.3) is 11.4 Å². The molecule has 0 aliphatic carbocycles. The van der Waals surface area contributed by atoms with Crippen LogP contribution in [0.3, 0.4) is 0 Å². The summed E-state index contributed by atoms with van der Waals surface area (Å²) in [7, 11) is 0. The number of aromatic nitrogens is 2. The maximum absolute atomic E-state index is 13.1. The van der Waals surface area contributed by atoms with Crippen molar-refractivity contribution in [1.82, 2.24) is 20.2 Å². The molecule has 0 bridgehead atoms. The van der Waals surface area contributed by atoms with Crippen LogP contribution in [0, 0.1) is 0 Å². The first-order chi connectivity index (χ1) is 13.6. The van der Waals surface area contributed by atoms with Crippen molar-refractivity contribution in [3.05, 3.63) is 47.3 Å². The van der Waals surface area contributed by atoms with Gasteiger partial charge in [0.05, 0.1) is 11.1 Å². The Morgan fingerprint density at radius 1 is 0.966 bits per heavy atom.